The van der Waals surface area contributed by atoms with Crippen LogP contribution in [0.2, 0.25) is 0 Å². The standard InChI is InChI=1S/C23H17FN4O6S2/c24-17-12-15(26-23(31)27-36(32,33)20-2-1-9-35-20)4-6-18(17)28-19(29)11-14-10-13(21-25-7-8-34-21)3-5-16(14)22(28)30/h1-6,9-12,30H,7-8H2,(H2,26,27,31). The second kappa shape index (κ2) is 9.09. The van der Waals surface area contributed by atoms with Gasteiger partial charge in [0.15, 0.2) is 0 Å². The number of hydrogen-bond acceptors (Lipinski definition) is 8. The summed E-state index contributed by atoms with van der Waals surface area (Å²) in [6.07, 6.45) is 0. The Balaban J connectivity index is 1.42. The fraction of sp³-hybridized carbons (Fsp3) is 0.0870. The van der Waals surface area contributed by atoms with Gasteiger partial charge in [-0.2, -0.15) is 0 Å². The van der Waals surface area contributed by atoms with Gasteiger partial charge in [-0.15, -0.1) is 11.3 Å². The van der Waals surface area contributed by atoms with E-state index in [1.54, 1.807) is 23.6 Å². The number of pyridine rings is 1. The van der Waals surface area contributed by atoms with Crippen LogP contribution in [0.25, 0.3) is 16.5 Å². The molecule has 0 fully saturated rings. The molecule has 0 bridgehead atoms. The molecular weight excluding hydrogens is 511 g/mol. The summed E-state index contributed by atoms with van der Waals surface area (Å²) >= 11 is 0.932. The van der Waals surface area contributed by atoms with Crippen LogP contribution >= 0.6 is 11.3 Å². The molecule has 4 aromatic rings. The van der Waals surface area contributed by atoms with E-state index in [2.05, 4.69) is 10.3 Å². The zero-order chi connectivity index (χ0) is 25.4. The third kappa shape index (κ3) is 4.41. The molecule has 2 aromatic heterocycles. The van der Waals surface area contributed by atoms with Crippen molar-refractivity contribution in [2.24, 2.45) is 4.99 Å². The average Bonchev–Trinajstić information content (AvgIpc) is 3.55. The van der Waals surface area contributed by atoms with Crippen molar-refractivity contribution in [3.8, 4) is 11.6 Å². The molecule has 0 aliphatic carbocycles. The highest BCUT2D eigenvalue weighted by atomic mass is 32.2. The SMILES string of the molecule is O=C(Nc1ccc(-n2c(O)c3ccc(C4=NCCO4)cc3cc2=O)c(F)c1)NS(=O)(=O)c1cccs1. The average molecular weight is 529 g/mol. The molecule has 0 saturated carbocycles. The molecule has 0 radical (unpaired) electrons. The van der Waals surface area contributed by atoms with Gasteiger partial charge in [-0.25, -0.2) is 31.9 Å². The van der Waals surface area contributed by atoms with Crippen molar-refractivity contribution < 1.29 is 27.4 Å². The number of aliphatic imine (C=N–C) groups is 1. The zero-order valence-electron chi connectivity index (χ0n) is 18.3. The van der Waals surface area contributed by atoms with Crippen molar-refractivity contribution in [1.82, 2.24) is 9.29 Å². The van der Waals surface area contributed by atoms with E-state index in [-0.39, 0.29) is 15.6 Å². The molecule has 1 aliphatic heterocycles. The number of carbonyl (C=O) groups excluding carboxylic acids is 1. The van der Waals surface area contributed by atoms with Crippen LogP contribution in [0, 0.1) is 5.82 Å². The quantitative estimate of drug-likeness (QED) is 0.364. The summed E-state index contributed by atoms with van der Waals surface area (Å²) in [5.74, 6) is -0.962. The first-order valence-corrected chi connectivity index (χ1v) is 12.8. The van der Waals surface area contributed by atoms with Gasteiger partial charge >= 0.3 is 6.03 Å². The molecule has 3 N–H and O–H groups in total. The molecule has 184 valence electrons. The predicted molar refractivity (Wildman–Crippen MR) is 132 cm³/mol. The molecule has 36 heavy (non-hydrogen) atoms. The first-order chi connectivity index (χ1) is 17.2. The fourth-order valence-corrected chi connectivity index (χ4v) is 5.60. The van der Waals surface area contributed by atoms with Crippen LogP contribution in [-0.4, -0.2) is 43.2 Å². The van der Waals surface area contributed by atoms with Gasteiger partial charge in [0.1, 0.15) is 16.6 Å². The Morgan fingerprint density at radius 1 is 1.17 bits per heavy atom. The lowest BCUT2D eigenvalue weighted by Gasteiger charge is -2.14. The number of halogens is 1. The van der Waals surface area contributed by atoms with E-state index in [9.17, 15) is 27.5 Å². The second-order valence-corrected chi connectivity index (χ2v) is 10.5. The minimum absolute atomic E-state index is 0.0544. The summed E-state index contributed by atoms with van der Waals surface area (Å²) in [6.45, 7) is 1.01. The third-order valence-electron chi connectivity index (χ3n) is 5.27. The Labute approximate surface area is 207 Å². The highest BCUT2D eigenvalue weighted by Crippen LogP contribution is 2.28. The number of nitrogens with zero attached hydrogens (tertiary/aromatic N) is 2. The fourth-order valence-electron chi connectivity index (χ4n) is 3.70. The van der Waals surface area contributed by atoms with Crippen molar-refractivity contribution >= 4 is 49.7 Å². The van der Waals surface area contributed by atoms with Gasteiger partial charge in [-0.05, 0) is 53.2 Å². The van der Waals surface area contributed by atoms with E-state index in [0.717, 1.165) is 22.0 Å². The van der Waals surface area contributed by atoms with Gasteiger partial charge in [-0.3, -0.25) is 4.79 Å². The number of aromatic hydroxyl groups is 1. The van der Waals surface area contributed by atoms with E-state index in [0.29, 0.717) is 35.4 Å². The Kier molecular flexibility index (Phi) is 5.94. The molecular formula is C23H17FN4O6S2. The number of sulfonamides is 1. The number of hydrogen-bond donors (Lipinski definition) is 3. The normalized spacial score (nSPS) is 13.3. The van der Waals surface area contributed by atoms with Crippen LogP contribution in [0.3, 0.4) is 0 Å². The van der Waals surface area contributed by atoms with Crippen molar-refractivity contribution in [2.75, 3.05) is 18.5 Å². The number of aromatic nitrogens is 1. The highest BCUT2D eigenvalue weighted by Gasteiger charge is 2.20. The summed E-state index contributed by atoms with van der Waals surface area (Å²) in [7, 11) is -4.07. The van der Waals surface area contributed by atoms with Crippen LogP contribution in [-0.2, 0) is 14.8 Å². The lowest BCUT2D eigenvalue weighted by atomic mass is 10.1. The molecule has 2 amide bonds. The molecule has 0 unspecified atom stereocenters. The lowest BCUT2D eigenvalue weighted by Crippen LogP contribution is -2.34. The maximum absolute atomic E-state index is 15.0. The maximum atomic E-state index is 15.0. The van der Waals surface area contributed by atoms with E-state index >= 15 is 0 Å². The zero-order valence-corrected chi connectivity index (χ0v) is 19.9. The molecule has 0 spiro atoms. The molecule has 0 saturated heterocycles. The number of nitrogens with one attached hydrogen (secondary N) is 2. The number of fused-ring (bicyclic) bond motifs is 1. The monoisotopic (exact) mass is 528 g/mol. The molecule has 13 heteroatoms. The van der Waals surface area contributed by atoms with Crippen LogP contribution in [0.15, 0.2) is 74.0 Å². The Hall–Kier alpha value is -4.23. The second-order valence-electron chi connectivity index (χ2n) is 7.64. The molecule has 2 aromatic carbocycles. The van der Waals surface area contributed by atoms with E-state index < -0.39 is 33.3 Å². The first-order valence-electron chi connectivity index (χ1n) is 10.5. The molecule has 10 nitrogen and oxygen atoms in total. The van der Waals surface area contributed by atoms with Crippen LogP contribution in [0.1, 0.15) is 5.56 Å². The van der Waals surface area contributed by atoms with Crippen molar-refractivity contribution in [3.63, 3.8) is 0 Å². The predicted octanol–water partition coefficient (Wildman–Crippen LogP) is 3.18. The Morgan fingerprint density at radius 3 is 2.69 bits per heavy atom. The molecule has 3 heterocycles. The molecule has 5 rings (SSSR count). The van der Waals surface area contributed by atoms with Crippen molar-refractivity contribution in [1.29, 1.82) is 0 Å². The van der Waals surface area contributed by atoms with Gasteiger partial charge in [0.25, 0.3) is 15.6 Å². The minimum atomic E-state index is -4.07. The number of ether oxygens (including phenoxy) is 1. The molecule has 1 aliphatic rings. The highest BCUT2D eigenvalue weighted by molar-refractivity contribution is 7.92. The van der Waals surface area contributed by atoms with Crippen molar-refractivity contribution in [3.05, 3.63) is 81.7 Å². The number of carbonyl (C=O) groups is 1. The van der Waals surface area contributed by atoms with Gasteiger partial charge in [0.05, 0.1) is 12.2 Å². The Bertz CT molecular complexity index is 1700. The smallest absolute Gasteiger partial charge is 0.333 e. The molecule has 0 atom stereocenters. The van der Waals surface area contributed by atoms with Gasteiger partial charge < -0.3 is 15.2 Å². The Morgan fingerprint density at radius 2 is 2.00 bits per heavy atom. The summed E-state index contributed by atoms with van der Waals surface area (Å²) < 4.78 is 47.3. The van der Waals surface area contributed by atoms with Gasteiger partial charge in [-0.1, -0.05) is 6.07 Å². The van der Waals surface area contributed by atoms with E-state index in [1.165, 1.54) is 30.3 Å². The van der Waals surface area contributed by atoms with Crippen molar-refractivity contribution in [2.45, 2.75) is 4.21 Å². The third-order valence-corrected chi connectivity index (χ3v) is 8.00. The minimum Gasteiger partial charge on any atom is -0.494 e. The number of anilines is 1. The van der Waals surface area contributed by atoms with Crippen LogP contribution in [0.4, 0.5) is 14.9 Å². The number of urea groups is 1. The summed E-state index contributed by atoms with van der Waals surface area (Å²) in [4.78, 5) is 29.2. The maximum Gasteiger partial charge on any atom is 0.333 e. The number of amides is 2. The van der Waals surface area contributed by atoms with Crippen LogP contribution in [0.5, 0.6) is 5.88 Å². The number of rotatable bonds is 5. The summed E-state index contributed by atoms with van der Waals surface area (Å²) in [5, 5.41) is 15.3. The van der Waals surface area contributed by atoms with Gasteiger partial charge in [0.2, 0.25) is 11.8 Å². The summed E-state index contributed by atoms with van der Waals surface area (Å²) in [5.41, 5.74) is -0.363. The topological polar surface area (TPSA) is 139 Å². The van der Waals surface area contributed by atoms with Crippen LogP contribution < -0.4 is 15.6 Å². The van der Waals surface area contributed by atoms with E-state index in [4.69, 9.17) is 4.74 Å². The lowest BCUT2D eigenvalue weighted by molar-refractivity contribution is 0.256. The van der Waals surface area contributed by atoms with E-state index in [1.807, 2.05) is 4.72 Å². The first kappa shape index (κ1) is 23.5. The number of thiophene rings is 1. The largest absolute Gasteiger partial charge is 0.494 e. The summed E-state index contributed by atoms with van der Waals surface area (Å²) in [6, 6.07) is 11.3. The number of benzene rings is 2. The van der Waals surface area contributed by atoms with Gasteiger partial charge in [0, 0.05) is 22.7 Å².